The standard InChI is InChI=1S/C19H26N4O2/c1-13-16(17(20)22-14(2)21-13)9-8-15-7-6-11-23(12-10-15)18(24)25-19(3,4)5/h7H,6,10-12H2,1-5H3,(H2,20,21,22). The lowest BCUT2D eigenvalue weighted by molar-refractivity contribution is 0.0259. The van der Waals surface area contributed by atoms with E-state index in [1.54, 1.807) is 11.8 Å². The molecule has 1 amide bonds. The van der Waals surface area contributed by atoms with Crippen molar-refractivity contribution in [2.45, 2.75) is 53.1 Å². The van der Waals surface area contributed by atoms with Crippen LogP contribution in [0.5, 0.6) is 0 Å². The first-order valence-electron chi connectivity index (χ1n) is 8.45. The van der Waals surface area contributed by atoms with Crippen LogP contribution in [0.15, 0.2) is 11.6 Å². The summed E-state index contributed by atoms with van der Waals surface area (Å²) in [5.41, 5.74) is 7.90. The van der Waals surface area contributed by atoms with Crippen molar-refractivity contribution in [1.82, 2.24) is 14.9 Å². The number of nitrogen functional groups attached to an aromatic ring is 1. The van der Waals surface area contributed by atoms with Gasteiger partial charge in [0.2, 0.25) is 0 Å². The number of ether oxygens (including phenoxy) is 1. The summed E-state index contributed by atoms with van der Waals surface area (Å²) in [6, 6.07) is 0. The molecule has 1 aliphatic rings. The topological polar surface area (TPSA) is 81.3 Å². The molecule has 0 aliphatic carbocycles. The average Bonchev–Trinajstić information content (AvgIpc) is 2.70. The molecule has 0 fully saturated rings. The van der Waals surface area contributed by atoms with Crippen molar-refractivity contribution in [2.75, 3.05) is 18.8 Å². The van der Waals surface area contributed by atoms with Crippen LogP contribution in [0.2, 0.25) is 0 Å². The lowest BCUT2D eigenvalue weighted by Crippen LogP contribution is -2.37. The Morgan fingerprint density at radius 2 is 1.96 bits per heavy atom. The van der Waals surface area contributed by atoms with Crippen molar-refractivity contribution in [1.29, 1.82) is 0 Å². The summed E-state index contributed by atoms with van der Waals surface area (Å²) in [7, 11) is 0. The zero-order chi connectivity index (χ0) is 18.6. The molecular weight excluding hydrogens is 316 g/mol. The van der Waals surface area contributed by atoms with Crippen molar-refractivity contribution < 1.29 is 9.53 Å². The predicted octanol–water partition coefficient (Wildman–Crippen LogP) is 2.98. The largest absolute Gasteiger partial charge is 0.444 e. The Balaban J connectivity index is 2.06. The van der Waals surface area contributed by atoms with E-state index < -0.39 is 5.60 Å². The lowest BCUT2D eigenvalue weighted by atomic mass is 10.1. The van der Waals surface area contributed by atoms with Crippen molar-refractivity contribution in [3.8, 4) is 11.8 Å². The van der Waals surface area contributed by atoms with Gasteiger partial charge in [0.15, 0.2) is 0 Å². The van der Waals surface area contributed by atoms with E-state index in [9.17, 15) is 4.79 Å². The highest BCUT2D eigenvalue weighted by Crippen LogP contribution is 2.16. The highest BCUT2D eigenvalue weighted by atomic mass is 16.6. The van der Waals surface area contributed by atoms with E-state index in [1.807, 2.05) is 27.7 Å². The molecule has 0 atom stereocenters. The third-order valence-corrected chi connectivity index (χ3v) is 3.67. The number of hydrogen-bond acceptors (Lipinski definition) is 5. The Morgan fingerprint density at radius 3 is 2.60 bits per heavy atom. The second-order valence-corrected chi connectivity index (χ2v) is 7.10. The average molecular weight is 342 g/mol. The minimum Gasteiger partial charge on any atom is -0.444 e. The molecule has 134 valence electrons. The van der Waals surface area contributed by atoms with Crippen LogP contribution in [-0.2, 0) is 4.74 Å². The van der Waals surface area contributed by atoms with Crippen molar-refractivity contribution >= 4 is 11.9 Å². The molecule has 25 heavy (non-hydrogen) atoms. The molecule has 0 bridgehead atoms. The summed E-state index contributed by atoms with van der Waals surface area (Å²) >= 11 is 0. The van der Waals surface area contributed by atoms with E-state index in [-0.39, 0.29) is 6.09 Å². The van der Waals surface area contributed by atoms with Gasteiger partial charge in [0.1, 0.15) is 17.2 Å². The maximum Gasteiger partial charge on any atom is 0.410 e. The Labute approximate surface area is 149 Å². The first-order valence-corrected chi connectivity index (χ1v) is 8.45. The van der Waals surface area contributed by atoms with E-state index in [1.165, 1.54) is 0 Å². The number of nitrogens with zero attached hydrogens (tertiary/aromatic N) is 3. The lowest BCUT2D eigenvalue weighted by Gasteiger charge is -2.26. The molecule has 0 unspecified atom stereocenters. The number of hydrogen-bond donors (Lipinski definition) is 1. The number of carbonyl (C=O) groups is 1. The van der Waals surface area contributed by atoms with Crippen LogP contribution in [0.3, 0.4) is 0 Å². The van der Waals surface area contributed by atoms with E-state index in [2.05, 4.69) is 27.9 Å². The van der Waals surface area contributed by atoms with Crippen LogP contribution in [0, 0.1) is 25.7 Å². The third-order valence-electron chi connectivity index (χ3n) is 3.67. The zero-order valence-corrected chi connectivity index (χ0v) is 15.6. The van der Waals surface area contributed by atoms with Crippen LogP contribution in [0.4, 0.5) is 10.6 Å². The maximum atomic E-state index is 12.2. The first-order chi connectivity index (χ1) is 11.7. The molecule has 2 N–H and O–H groups in total. The third kappa shape index (κ3) is 5.49. The van der Waals surface area contributed by atoms with E-state index >= 15 is 0 Å². The molecule has 6 nitrogen and oxygen atoms in total. The van der Waals surface area contributed by atoms with Crippen LogP contribution in [0.25, 0.3) is 0 Å². The van der Waals surface area contributed by atoms with Crippen molar-refractivity contribution in [2.24, 2.45) is 0 Å². The molecule has 1 aromatic rings. The molecule has 1 aliphatic heterocycles. The number of nitrogens with two attached hydrogens (primary N) is 1. The fraction of sp³-hybridized carbons (Fsp3) is 0.526. The minimum atomic E-state index is -0.486. The number of rotatable bonds is 0. The van der Waals surface area contributed by atoms with Crippen LogP contribution >= 0.6 is 0 Å². The Kier molecular flexibility index (Phi) is 5.68. The molecule has 1 aromatic heterocycles. The summed E-state index contributed by atoms with van der Waals surface area (Å²) in [5, 5.41) is 0. The Hall–Kier alpha value is -2.55. The van der Waals surface area contributed by atoms with E-state index in [4.69, 9.17) is 10.5 Å². The quantitative estimate of drug-likeness (QED) is 0.733. The van der Waals surface area contributed by atoms with Gasteiger partial charge in [-0.05, 0) is 47.5 Å². The Bertz CT molecular complexity index is 728. The van der Waals surface area contributed by atoms with Crippen LogP contribution in [0.1, 0.15) is 50.7 Å². The van der Waals surface area contributed by atoms with Gasteiger partial charge < -0.3 is 15.4 Å². The van der Waals surface area contributed by atoms with E-state index in [0.717, 1.165) is 17.7 Å². The molecular formula is C19H26N4O2. The molecule has 0 saturated heterocycles. The summed E-state index contributed by atoms with van der Waals surface area (Å²) < 4.78 is 5.43. The number of amides is 1. The molecule has 0 saturated carbocycles. The van der Waals surface area contributed by atoms with Crippen molar-refractivity contribution in [3.05, 3.63) is 28.7 Å². The fourth-order valence-electron chi connectivity index (χ4n) is 2.52. The molecule has 6 heteroatoms. The maximum absolute atomic E-state index is 12.2. The van der Waals surface area contributed by atoms with Gasteiger partial charge >= 0.3 is 6.09 Å². The van der Waals surface area contributed by atoms with Crippen LogP contribution < -0.4 is 5.73 Å². The monoisotopic (exact) mass is 342 g/mol. The van der Waals surface area contributed by atoms with Gasteiger partial charge in [0, 0.05) is 18.7 Å². The summed E-state index contributed by atoms with van der Waals surface area (Å²) in [5.74, 6) is 7.29. The second-order valence-electron chi connectivity index (χ2n) is 7.10. The SMILES string of the molecule is Cc1nc(C)c(C#CC2=CCCN(C(=O)OC(C)(C)C)CC2)c(N)n1. The summed E-state index contributed by atoms with van der Waals surface area (Å²) in [6.45, 7) is 10.5. The molecule has 2 rings (SSSR count). The van der Waals surface area contributed by atoms with Gasteiger partial charge in [-0.15, -0.1) is 0 Å². The van der Waals surface area contributed by atoms with Gasteiger partial charge in [-0.3, -0.25) is 0 Å². The van der Waals surface area contributed by atoms with Gasteiger partial charge in [0.25, 0.3) is 0 Å². The molecule has 0 radical (unpaired) electrons. The van der Waals surface area contributed by atoms with Gasteiger partial charge in [0.05, 0.1) is 11.3 Å². The number of aromatic nitrogens is 2. The number of carbonyl (C=O) groups excluding carboxylic acids is 1. The number of aryl methyl sites for hydroxylation is 2. The normalized spacial score (nSPS) is 14.9. The smallest absolute Gasteiger partial charge is 0.410 e. The second kappa shape index (κ2) is 7.56. The summed E-state index contributed by atoms with van der Waals surface area (Å²) in [6.07, 6.45) is 3.24. The van der Waals surface area contributed by atoms with E-state index in [0.29, 0.717) is 36.7 Å². The zero-order valence-electron chi connectivity index (χ0n) is 15.6. The van der Waals surface area contributed by atoms with Crippen molar-refractivity contribution in [3.63, 3.8) is 0 Å². The highest BCUT2D eigenvalue weighted by molar-refractivity contribution is 5.68. The van der Waals surface area contributed by atoms with Gasteiger partial charge in [-0.25, -0.2) is 14.8 Å². The summed E-state index contributed by atoms with van der Waals surface area (Å²) in [4.78, 5) is 22.4. The van der Waals surface area contributed by atoms with Crippen LogP contribution in [-0.4, -0.2) is 39.7 Å². The van der Waals surface area contributed by atoms with Gasteiger partial charge in [-0.2, -0.15) is 0 Å². The molecule has 0 spiro atoms. The Morgan fingerprint density at radius 1 is 1.24 bits per heavy atom. The molecule has 2 heterocycles. The highest BCUT2D eigenvalue weighted by Gasteiger charge is 2.22. The van der Waals surface area contributed by atoms with Gasteiger partial charge in [-0.1, -0.05) is 17.9 Å². The minimum absolute atomic E-state index is 0.276. The number of anilines is 1. The first kappa shape index (κ1) is 18.8. The fourth-order valence-corrected chi connectivity index (χ4v) is 2.52. The molecule has 0 aromatic carbocycles. The predicted molar refractivity (Wildman–Crippen MR) is 97.9 cm³/mol.